The molecular weight excluding hydrogens is 558 g/mol. The minimum absolute atomic E-state index is 0.00964. The summed E-state index contributed by atoms with van der Waals surface area (Å²) < 4.78 is 72.3. The quantitative estimate of drug-likeness (QED) is 0.370. The van der Waals surface area contributed by atoms with Crippen molar-refractivity contribution in [1.29, 1.82) is 0 Å². The van der Waals surface area contributed by atoms with E-state index in [1.54, 1.807) is 40.7 Å². The lowest BCUT2D eigenvalue weighted by Crippen LogP contribution is -2.47. The number of benzene rings is 2. The molecule has 1 spiro atoms. The summed E-state index contributed by atoms with van der Waals surface area (Å²) in [6, 6.07) is 11.4. The van der Waals surface area contributed by atoms with Crippen LogP contribution in [0.15, 0.2) is 52.3 Å². The number of aliphatic hydroxyl groups excluding tert-OH is 1. The van der Waals surface area contributed by atoms with Crippen LogP contribution in [0.4, 0.5) is 0 Å². The Hall–Kier alpha value is -2.26. The maximum atomic E-state index is 13.3. The molecule has 2 atom stereocenters. The van der Waals surface area contributed by atoms with Crippen molar-refractivity contribution in [2.45, 2.75) is 59.6 Å². The first kappa shape index (κ1) is 29.2. The smallest absolute Gasteiger partial charge is 0.243 e. The van der Waals surface area contributed by atoms with Crippen molar-refractivity contribution in [2.75, 3.05) is 46.5 Å². The summed E-state index contributed by atoms with van der Waals surface area (Å²) in [5.74, 6) is 0.938. The third kappa shape index (κ3) is 6.30. The first-order chi connectivity index (χ1) is 19.1. The Morgan fingerprint density at radius 1 is 1.15 bits per heavy atom. The van der Waals surface area contributed by atoms with E-state index in [1.807, 2.05) is 0 Å². The van der Waals surface area contributed by atoms with Gasteiger partial charge in [-0.1, -0.05) is 12.1 Å². The minimum atomic E-state index is -3.69. The molecule has 0 saturated carbocycles. The topological polar surface area (TPSA) is 144 Å². The second-order valence-electron chi connectivity index (χ2n) is 10.5. The summed E-state index contributed by atoms with van der Waals surface area (Å²) in [6.07, 6.45) is 2.75. The van der Waals surface area contributed by atoms with Crippen LogP contribution >= 0.6 is 0 Å². The van der Waals surface area contributed by atoms with E-state index in [1.165, 1.54) is 13.1 Å². The van der Waals surface area contributed by atoms with E-state index in [0.717, 1.165) is 24.2 Å². The van der Waals surface area contributed by atoms with Gasteiger partial charge in [-0.05, 0) is 75.0 Å². The van der Waals surface area contributed by atoms with Gasteiger partial charge < -0.3 is 24.6 Å². The van der Waals surface area contributed by atoms with Gasteiger partial charge >= 0.3 is 0 Å². The van der Waals surface area contributed by atoms with Gasteiger partial charge in [0.05, 0.1) is 23.7 Å². The van der Waals surface area contributed by atoms with Crippen LogP contribution < -0.4 is 19.5 Å². The van der Waals surface area contributed by atoms with E-state index in [9.17, 15) is 21.9 Å². The van der Waals surface area contributed by atoms with Crippen LogP contribution in [-0.2, 0) is 31.2 Å². The Kier molecular flexibility index (Phi) is 8.72. The molecule has 5 rings (SSSR count). The maximum Gasteiger partial charge on any atom is 0.243 e. The molecule has 2 aromatic carbocycles. The van der Waals surface area contributed by atoms with Gasteiger partial charge in [0.15, 0.2) is 0 Å². The number of hydrogen-bond acceptors (Lipinski definition) is 9. The second-order valence-corrected chi connectivity index (χ2v) is 14.3. The number of aryl methyl sites for hydroxylation is 1. The molecular formula is C27H37N3O8S2. The molecule has 0 aliphatic carbocycles. The van der Waals surface area contributed by atoms with E-state index < -0.39 is 31.8 Å². The average Bonchev–Trinajstić information content (AvgIpc) is 3.37. The molecule has 220 valence electrons. The summed E-state index contributed by atoms with van der Waals surface area (Å²) in [5.41, 5.74) is 0.545. The maximum absolute atomic E-state index is 13.3. The van der Waals surface area contributed by atoms with Gasteiger partial charge in [0.25, 0.3) is 0 Å². The van der Waals surface area contributed by atoms with Gasteiger partial charge in [-0.25, -0.2) is 21.6 Å². The van der Waals surface area contributed by atoms with E-state index >= 15 is 0 Å². The molecule has 0 amide bonds. The van der Waals surface area contributed by atoms with Gasteiger partial charge in [-0.3, -0.25) is 0 Å². The van der Waals surface area contributed by atoms with Crippen molar-refractivity contribution in [3.63, 3.8) is 0 Å². The third-order valence-corrected chi connectivity index (χ3v) is 11.2. The van der Waals surface area contributed by atoms with Crippen molar-refractivity contribution in [2.24, 2.45) is 0 Å². The molecule has 0 unspecified atom stereocenters. The number of nitrogens with one attached hydrogen (secondary N) is 2. The number of fused-ring (bicyclic) bond motifs is 1. The van der Waals surface area contributed by atoms with Crippen LogP contribution in [0, 0.1) is 0 Å². The summed E-state index contributed by atoms with van der Waals surface area (Å²) in [5, 5.41) is 13.8. The average molecular weight is 596 g/mol. The molecule has 2 aromatic rings. The zero-order valence-electron chi connectivity index (χ0n) is 22.5. The van der Waals surface area contributed by atoms with Gasteiger partial charge in [0.2, 0.25) is 20.0 Å². The highest BCUT2D eigenvalue weighted by atomic mass is 32.2. The van der Waals surface area contributed by atoms with Crippen molar-refractivity contribution in [3.05, 3.63) is 48.0 Å². The van der Waals surface area contributed by atoms with Gasteiger partial charge in [-0.2, -0.15) is 4.31 Å². The van der Waals surface area contributed by atoms with Crippen LogP contribution in [0.3, 0.4) is 0 Å². The Morgan fingerprint density at radius 3 is 2.70 bits per heavy atom. The molecule has 2 saturated heterocycles. The highest BCUT2D eigenvalue weighted by Gasteiger charge is 2.44. The Bertz CT molecular complexity index is 1410. The minimum Gasteiger partial charge on any atom is -0.493 e. The van der Waals surface area contributed by atoms with Crippen LogP contribution in [0.1, 0.15) is 31.2 Å². The standard InChI is InChI=1S/C27H37N3O8S2/c1-28-39(32,33)26-7-3-2-6-25(26)37-19-22(31)17-29-21-16-27(38-18-21)10-12-30(13-11-27)40(34,35)23-8-9-24-20(15-23)5-4-14-36-24/h2-3,6-9,15,21-22,28-29,31H,4-5,10-14,16-19H2,1H3/t21-,22-/m0/s1. The Balaban J connectivity index is 1.10. The number of piperidine rings is 1. The number of aliphatic hydroxyl groups is 1. The second kappa shape index (κ2) is 11.9. The van der Waals surface area contributed by atoms with Crippen molar-refractivity contribution < 1.29 is 36.2 Å². The number of ether oxygens (including phenoxy) is 3. The van der Waals surface area contributed by atoms with Crippen LogP contribution in [0.2, 0.25) is 0 Å². The van der Waals surface area contributed by atoms with E-state index in [-0.39, 0.29) is 29.8 Å². The highest BCUT2D eigenvalue weighted by molar-refractivity contribution is 7.89. The molecule has 0 bridgehead atoms. The van der Waals surface area contributed by atoms with Gasteiger partial charge in [0.1, 0.15) is 29.1 Å². The lowest BCUT2D eigenvalue weighted by Gasteiger charge is -2.38. The summed E-state index contributed by atoms with van der Waals surface area (Å²) in [7, 11) is -5.96. The molecule has 40 heavy (non-hydrogen) atoms. The van der Waals surface area contributed by atoms with Crippen molar-refractivity contribution in [3.8, 4) is 11.5 Å². The Morgan fingerprint density at radius 2 is 1.93 bits per heavy atom. The monoisotopic (exact) mass is 595 g/mol. The van der Waals surface area contributed by atoms with Crippen molar-refractivity contribution >= 4 is 20.0 Å². The first-order valence-corrected chi connectivity index (χ1v) is 16.5. The number of hydrogen-bond donors (Lipinski definition) is 3. The fourth-order valence-electron chi connectivity index (χ4n) is 5.55. The number of sulfonamides is 2. The summed E-state index contributed by atoms with van der Waals surface area (Å²) >= 11 is 0. The van der Waals surface area contributed by atoms with E-state index in [2.05, 4.69) is 10.0 Å². The lowest BCUT2D eigenvalue weighted by atomic mass is 9.88. The lowest BCUT2D eigenvalue weighted by molar-refractivity contribution is -0.0312. The number of nitrogens with zero attached hydrogens (tertiary/aromatic N) is 1. The highest BCUT2D eigenvalue weighted by Crippen LogP contribution is 2.38. The van der Waals surface area contributed by atoms with Gasteiger partial charge in [0, 0.05) is 25.7 Å². The van der Waals surface area contributed by atoms with Crippen LogP contribution in [-0.4, -0.2) is 90.5 Å². The SMILES string of the molecule is CNS(=O)(=O)c1ccccc1OC[C@@H](O)CN[C@@H]1COC2(CCN(S(=O)(=O)c3ccc4c(c3)CCCO4)CC2)C1. The van der Waals surface area contributed by atoms with E-state index in [0.29, 0.717) is 50.5 Å². The first-order valence-electron chi connectivity index (χ1n) is 13.6. The fourth-order valence-corrected chi connectivity index (χ4v) is 7.92. The van der Waals surface area contributed by atoms with Gasteiger partial charge in [-0.15, -0.1) is 0 Å². The Labute approximate surface area is 235 Å². The zero-order valence-corrected chi connectivity index (χ0v) is 24.2. The molecule has 3 N–H and O–H groups in total. The van der Waals surface area contributed by atoms with E-state index in [4.69, 9.17) is 14.2 Å². The summed E-state index contributed by atoms with van der Waals surface area (Å²) in [4.78, 5) is 0.319. The predicted molar refractivity (Wildman–Crippen MR) is 148 cm³/mol. The molecule has 0 aromatic heterocycles. The largest absolute Gasteiger partial charge is 0.493 e. The molecule has 3 aliphatic heterocycles. The fraction of sp³-hybridized carbons (Fsp3) is 0.556. The normalized spacial score (nSPS) is 22.0. The predicted octanol–water partition coefficient (Wildman–Crippen LogP) is 1.26. The third-order valence-electron chi connectivity index (χ3n) is 7.84. The molecule has 13 heteroatoms. The molecule has 0 radical (unpaired) electrons. The van der Waals surface area contributed by atoms with Crippen LogP contribution in [0.25, 0.3) is 0 Å². The molecule has 11 nitrogen and oxygen atoms in total. The zero-order chi connectivity index (χ0) is 28.4. The van der Waals surface area contributed by atoms with Crippen molar-refractivity contribution in [1.82, 2.24) is 14.3 Å². The summed E-state index contributed by atoms with van der Waals surface area (Å²) in [6.45, 7) is 2.06. The number of rotatable bonds is 10. The number of para-hydroxylation sites is 1. The molecule has 3 heterocycles. The van der Waals surface area contributed by atoms with Crippen LogP contribution in [0.5, 0.6) is 11.5 Å². The molecule has 2 fully saturated rings. The molecule has 3 aliphatic rings.